The molecule has 7 heteroatoms. The van der Waals surface area contributed by atoms with Crippen molar-refractivity contribution in [3.05, 3.63) is 95.3 Å². The van der Waals surface area contributed by atoms with E-state index in [1.54, 1.807) is 55.9 Å². The topological polar surface area (TPSA) is 89.0 Å². The first-order valence-electron chi connectivity index (χ1n) is 11.0. The van der Waals surface area contributed by atoms with Crippen LogP contribution in [0.2, 0.25) is 0 Å². The van der Waals surface area contributed by atoms with Gasteiger partial charge in [0, 0.05) is 24.5 Å². The van der Waals surface area contributed by atoms with Gasteiger partial charge >= 0.3 is 0 Å². The van der Waals surface area contributed by atoms with Crippen LogP contribution >= 0.6 is 0 Å². The minimum Gasteiger partial charge on any atom is -0.507 e. The summed E-state index contributed by atoms with van der Waals surface area (Å²) in [6.07, 6.45) is 3.14. The Bertz CT molecular complexity index is 1240. The van der Waals surface area contributed by atoms with Crippen LogP contribution in [-0.4, -0.2) is 39.9 Å². The fourth-order valence-electron chi connectivity index (χ4n) is 4.05. The van der Waals surface area contributed by atoms with Crippen LogP contribution in [0.4, 0.5) is 0 Å². The fraction of sp³-hybridized carbons (Fsp3) is 0.222. The molecule has 7 nitrogen and oxygen atoms in total. The van der Waals surface area contributed by atoms with E-state index in [2.05, 4.69) is 4.98 Å². The Kier molecular flexibility index (Phi) is 6.63. The quantitative estimate of drug-likeness (QED) is 0.319. The second-order valence-corrected chi connectivity index (χ2v) is 8.25. The van der Waals surface area contributed by atoms with Crippen LogP contribution in [0, 0.1) is 0 Å². The molecule has 4 rings (SSSR count). The van der Waals surface area contributed by atoms with E-state index in [4.69, 9.17) is 9.47 Å². The molecule has 2 heterocycles. The Labute approximate surface area is 198 Å². The summed E-state index contributed by atoms with van der Waals surface area (Å²) in [6.45, 7) is 3.97. The van der Waals surface area contributed by atoms with Gasteiger partial charge in [-0.15, -0.1) is 0 Å². The number of hydrogen-bond donors (Lipinski definition) is 1. The number of pyridine rings is 1. The molecular formula is C27H26N2O5. The highest BCUT2D eigenvalue weighted by Crippen LogP contribution is 2.40. The molecule has 174 valence electrons. The zero-order valence-corrected chi connectivity index (χ0v) is 19.3. The number of carbonyl (C=O) groups is 2. The third-order valence-electron chi connectivity index (χ3n) is 5.53. The van der Waals surface area contributed by atoms with Crippen LogP contribution in [-0.2, 0) is 16.1 Å². The van der Waals surface area contributed by atoms with Gasteiger partial charge in [-0.1, -0.05) is 24.3 Å². The third kappa shape index (κ3) is 4.64. The number of nitrogens with zero attached hydrogens (tertiary/aromatic N) is 2. The van der Waals surface area contributed by atoms with Gasteiger partial charge in [0.1, 0.15) is 17.3 Å². The van der Waals surface area contributed by atoms with Crippen molar-refractivity contribution in [2.24, 2.45) is 0 Å². The maximum absolute atomic E-state index is 13.2. The molecule has 0 aliphatic carbocycles. The predicted molar refractivity (Wildman–Crippen MR) is 127 cm³/mol. The highest BCUT2D eigenvalue weighted by atomic mass is 16.5. The molecule has 1 aromatic heterocycles. The van der Waals surface area contributed by atoms with Gasteiger partial charge in [0.25, 0.3) is 11.7 Å². The standard InChI is InChI=1S/C27H26N2O5/c1-17(2)34-22-9-5-7-20(15-22)25(30)23-24(19-10-12-28-13-11-19)29(27(32)26(23)31)16-18-6-4-8-21(14-18)33-3/h4-15,17,24,30H,16H2,1-3H3/b25-23-. The molecule has 1 aliphatic heterocycles. The first kappa shape index (κ1) is 23.0. The second kappa shape index (κ2) is 9.79. The predicted octanol–water partition coefficient (Wildman–Crippen LogP) is 4.50. The minimum atomic E-state index is -0.774. The number of carbonyl (C=O) groups excluding carboxylic acids is 2. The molecule has 1 atom stereocenters. The number of ketones is 1. The Morgan fingerprint density at radius 2 is 1.74 bits per heavy atom. The van der Waals surface area contributed by atoms with E-state index in [1.165, 1.54) is 4.90 Å². The first-order valence-corrected chi connectivity index (χ1v) is 11.0. The number of ether oxygens (including phenoxy) is 2. The average molecular weight is 459 g/mol. The minimum absolute atomic E-state index is 0.0285. The van der Waals surface area contributed by atoms with E-state index in [9.17, 15) is 14.7 Å². The Hall–Kier alpha value is -4.13. The third-order valence-corrected chi connectivity index (χ3v) is 5.53. The van der Waals surface area contributed by atoms with Crippen molar-refractivity contribution >= 4 is 17.4 Å². The zero-order chi connectivity index (χ0) is 24.2. The van der Waals surface area contributed by atoms with E-state index >= 15 is 0 Å². The van der Waals surface area contributed by atoms with Crippen molar-refractivity contribution in [2.45, 2.75) is 32.5 Å². The van der Waals surface area contributed by atoms with Crippen molar-refractivity contribution in [2.75, 3.05) is 7.11 Å². The maximum Gasteiger partial charge on any atom is 0.295 e. The summed E-state index contributed by atoms with van der Waals surface area (Å²) in [7, 11) is 1.57. The normalized spacial score (nSPS) is 17.3. The van der Waals surface area contributed by atoms with Crippen LogP contribution in [0.25, 0.3) is 5.76 Å². The number of aliphatic hydroxyl groups excluding tert-OH is 1. The SMILES string of the molecule is COc1cccc(CN2C(=O)C(=O)/C(=C(\O)c3cccc(OC(C)C)c3)C2c2ccncc2)c1. The number of aliphatic hydroxyl groups is 1. The van der Waals surface area contributed by atoms with Crippen molar-refractivity contribution in [3.8, 4) is 11.5 Å². The van der Waals surface area contributed by atoms with Gasteiger partial charge < -0.3 is 19.5 Å². The zero-order valence-electron chi connectivity index (χ0n) is 19.3. The average Bonchev–Trinajstić information content (AvgIpc) is 3.09. The lowest BCUT2D eigenvalue weighted by atomic mass is 9.95. The number of Topliss-reactive ketones (excluding diaryl/α,β-unsaturated/α-hetero) is 1. The summed E-state index contributed by atoms with van der Waals surface area (Å²) in [5.74, 6) is -0.456. The van der Waals surface area contributed by atoms with Crippen molar-refractivity contribution in [1.29, 1.82) is 0 Å². The van der Waals surface area contributed by atoms with Gasteiger partial charge in [-0.3, -0.25) is 14.6 Å². The number of rotatable bonds is 7. The van der Waals surface area contributed by atoms with Gasteiger partial charge in [-0.05, 0) is 61.4 Å². The molecule has 1 saturated heterocycles. The van der Waals surface area contributed by atoms with E-state index in [0.717, 1.165) is 5.56 Å². The molecule has 0 spiro atoms. The van der Waals surface area contributed by atoms with Crippen LogP contribution in [0.5, 0.6) is 11.5 Å². The molecule has 1 amide bonds. The lowest BCUT2D eigenvalue weighted by Gasteiger charge is -2.25. The van der Waals surface area contributed by atoms with Gasteiger partial charge in [0.05, 0.1) is 24.8 Å². The molecule has 34 heavy (non-hydrogen) atoms. The maximum atomic E-state index is 13.2. The summed E-state index contributed by atoms with van der Waals surface area (Å²) in [5.41, 5.74) is 1.90. The van der Waals surface area contributed by atoms with Gasteiger partial charge in [-0.25, -0.2) is 0 Å². The van der Waals surface area contributed by atoms with E-state index < -0.39 is 17.7 Å². The number of methoxy groups -OCH3 is 1. The van der Waals surface area contributed by atoms with Crippen molar-refractivity contribution in [1.82, 2.24) is 9.88 Å². The van der Waals surface area contributed by atoms with Crippen LogP contribution in [0.15, 0.2) is 78.6 Å². The van der Waals surface area contributed by atoms with Crippen LogP contribution in [0.1, 0.15) is 36.6 Å². The van der Waals surface area contributed by atoms with Gasteiger partial charge in [0.15, 0.2) is 0 Å². The first-order chi connectivity index (χ1) is 16.4. The van der Waals surface area contributed by atoms with Gasteiger partial charge in [0.2, 0.25) is 0 Å². The summed E-state index contributed by atoms with van der Waals surface area (Å²) in [6, 6.07) is 16.9. The summed E-state index contributed by atoms with van der Waals surface area (Å²) >= 11 is 0. The molecular weight excluding hydrogens is 432 g/mol. The monoisotopic (exact) mass is 458 g/mol. The molecule has 0 bridgehead atoms. The van der Waals surface area contributed by atoms with Crippen LogP contribution in [0.3, 0.4) is 0 Å². The number of aromatic nitrogens is 1. The molecule has 3 aromatic rings. The van der Waals surface area contributed by atoms with Crippen LogP contribution < -0.4 is 9.47 Å². The highest BCUT2D eigenvalue weighted by Gasteiger charge is 2.46. The highest BCUT2D eigenvalue weighted by molar-refractivity contribution is 6.46. The lowest BCUT2D eigenvalue weighted by molar-refractivity contribution is -0.140. The Balaban J connectivity index is 1.81. The molecule has 1 unspecified atom stereocenters. The molecule has 0 saturated carbocycles. The van der Waals surface area contributed by atoms with E-state index in [0.29, 0.717) is 22.6 Å². The summed E-state index contributed by atoms with van der Waals surface area (Å²) < 4.78 is 11.0. The number of benzene rings is 2. The molecule has 0 radical (unpaired) electrons. The van der Waals surface area contributed by atoms with Crippen molar-refractivity contribution in [3.63, 3.8) is 0 Å². The number of amides is 1. The smallest absolute Gasteiger partial charge is 0.295 e. The summed E-state index contributed by atoms with van der Waals surface area (Å²) in [4.78, 5) is 31.9. The molecule has 1 N–H and O–H groups in total. The Morgan fingerprint density at radius 3 is 2.44 bits per heavy atom. The van der Waals surface area contributed by atoms with Gasteiger partial charge in [-0.2, -0.15) is 0 Å². The second-order valence-electron chi connectivity index (χ2n) is 8.25. The van der Waals surface area contributed by atoms with Crippen molar-refractivity contribution < 1.29 is 24.2 Å². The summed E-state index contributed by atoms with van der Waals surface area (Å²) in [5, 5.41) is 11.3. The van der Waals surface area contributed by atoms with E-state index in [-0.39, 0.29) is 24.0 Å². The fourth-order valence-corrected chi connectivity index (χ4v) is 4.05. The lowest BCUT2D eigenvalue weighted by Crippen LogP contribution is -2.29. The van der Waals surface area contributed by atoms with E-state index in [1.807, 2.05) is 38.1 Å². The Morgan fingerprint density at radius 1 is 1.03 bits per heavy atom. The molecule has 1 fully saturated rings. The molecule has 1 aliphatic rings. The number of hydrogen-bond acceptors (Lipinski definition) is 6. The largest absolute Gasteiger partial charge is 0.507 e. The molecule has 2 aromatic carbocycles. The number of likely N-dealkylation sites (tertiary alicyclic amines) is 1.